The number of hydrogen-bond acceptors (Lipinski definition) is 3. The number of rotatable bonds is 13. The molecule has 0 saturated carbocycles. The van der Waals surface area contributed by atoms with E-state index in [0.717, 1.165) is 100 Å². The minimum Gasteiger partial charge on any atom is -0.308 e. The van der Waals surface area contributed by atoms with Gasteiger partial charge in [0, 0.05) is 38.6 Å². The number of benzene rings is 11. The van der Waals surface area contributed by atoms with Gasteiger partial charge < -0.3 is 4.57 Å². The van der Waals surface area contributed by atoms with E-state index in [4.69, 9.17) is 15.0 Å². The molecule has 0 saturated heterocycles. The fourth-order valence-corrected chi connectivity index (χ4v) is 10.8. The summed E-state index contributed by atoms with van der Waals surface area (Å²) in [5, 5.41) is 2.34. The predicted molar refractivity (Wildman–Crippen MR) is 331 cm³/mol. The second kappa shape index (κ2) is 21.2. The predicted octanol–water partition coefficient (Wildman–Crippen LogP) is 19.7. The highest BCUT2D eigenvalue weighted by molar-refractivity contribution is 6.12. The van der Waals surface area contributed by atoms with Crippen LogP contribution >= 0.6 is 0 Å². The average molecular weight is 1010 g/mol. The molecule has 79 heavy (non-hydrogen) atoms. The summed E-state index contributed by atoms with van der Waals surface area (Å²) in [6.07, 6.45) is 5.66. The zero-order chi connectivity index (χ0) is 53.1. The maximum Gasteiger partial charge on any atom is 0.164 e. The first-order valence-corrected chi connectivity index (χ1v) is 26.6. The summed E-state index contributed by atoms with van der Waals surface area (Å²) in [4.78, 5) is 16.2. The summed E-state index contributed by atoms with van der Waals surface area (Å²) in [5.41, 5.74) is 20.8. The van der Waals surface area contributed by atoms with E-state index in [1.807, 2.05) is 36.4 Å². The fourth-order valence-electron chi connectivity index (χ4n) is 10.8. The lowest BCUT2D eigenvalue weighted by Gasteiger charge is -2.21. The first-order valence-electron chi connectivity index (χ1n) is 26.6. The maximum atomic E-state index is 5.51. The van der Waals surface area contributed by atoms with Crippen molar-refractivity contribution < 1.29 is 0 Å². The quantitative estimate of drug-likeness (QED) is 0.108. The molecule has 0 N–H and O–H groups in total. The Morgan fingerprint density at radius 1 is 0.316 bits per heavy atom. The minimum absolute atomic E-state index is 0.548. The van der Waals surface area contributed by atoms with E-state index in [9.17, 15) is 0 Å². The molecular weight excluding hydrogens is 957 g/mol. The number of fused-ring (bicyclic) bond motifs is 3. The van der Waals surface area contributed by atoms with Gasteiger partial charge >= 0.3 is 0 Å². The molecule has 0 aliphatic carbocycles. The highest BCUT2D eigenvalue weighted by Crippen LogP contribution is 2.45. The van der Waals surface area contributed by atoms with Gasteiger partial charge in [0.25, 0.3) is 0 Å². The van der Waals surface area contributed by atoms with Gasteiger partial charge in [-0.15, -0.1) is 0 Å². The Labute approximate surface area is 461 Å². The van der Waals surface area contributed by atoms with E-state index in [1.165, 1.54) is 21.9 Å². The smallest absolute Gasteiger partial charge is 0.164 e. The van der Waals surface area contributed by atoms with Crippen molar-refractivity contribution in [2.24, 2.45) is 0 Å². The van der Waals surface area contributed by atoms with E-state index in [-0.39, 0.29) is 0 Å². The Bertz CT molecular complexity index is 4290. The van der Waals surface area contributed by atoms with Crippen molar-refractivity contribution in [3.05, 3.63) is 310 Å². The van der Waals surface area contributed by atoms with Gasteiger partial charge in [0.05, 0.1) is 16.7 Å². The van der Waals surface area contributed by atoms with Gasteiger partial charge in [0.15, 0.2) is 17.5 Å². The first kappa shape index (κ1) is 48.1. The lowest BCUT2D eigenvalue weighted by Crippen LogP contribution is -2.04. The van der Waals surface area contributed by atoms with Crippen molar-refractivity contribution in [2.75, 3.05) is 0 Å². The fraction of sp³-hybridized carbons (Fsp3) is 0. The third-order valence-electron chi connectivity index (χ3n) is 14.7. The van der Waals surface area contributed by atoms with Crippen molar-refractivity contribution >= 4 is 27.4 Å². The average Bonchev–Trinajstić information content (AvgIpc) is 4.09. The molecule has 2 heterocycles. The molecular formula is C75H52N4. The Kier molecular flexibility index (Phi) is 12.9. The minimum atomic E-state index is 0.548. The summed E-state index contributed by atoms with van der Waals surface area (Å²) in [7, 11) is 0. The van der Waals surface area contributed by atoms with E-state index in [2.05, 4.69) is 266 Å². The highest BCUT2D eigenvalue weighted by Gasteiger charge is 2.24. The van der Waals surface area contributed by atoms with Gasteiger partial charge in [-0.3, -0.25) is 0 Å². The van der Waals surface area contributed by atoms with Crippen LogP contribution in [0.5, 0.6) is 0 Å². The van der Waals surface area contributed by atoms with Crippen LogP contribution in [0.3, 0.4) is 0 Å². The molecule has 0 radical (unpaired) electrons. The summed E-state index contributed by atoms with van der Waals surface area (Å²) < 4.78 is 2.47. The Morgan fingerprint density at radius 3 is 1.22 bits per heavy atom. The molecule has 0 aliphatic heterocycles. The first-order chi connectivity index (χ1) is 39.0. The normalized spacial score (nSPS) is 11.3. The number of allylic oxidation sites excluding steroid dienone is 4. The molecule has 13 aromatic rings. The summed E-state index contributed by atoms with van der Waals surface area (Å²) in [5.74, 6) is 1.67. The third-order valence-corrected chi connectivity index (χ3v) is 14.7. The lowest BCUT2D eigenvalue weighted by atomic mass is 9.91. The monoisotopic (exact) mass is 1010 g/mol. The second-order valence-corrected chi connectivity index (χ2v) is 19.7. The molecule has 4 heteroatoms. The topological polar surface area (TPSA) is 43.6 Å². The van der Waals surface area contributed by atoms with E-state index in [0.29, 0.717) is 17.5 Å². The third kappa shape index (κ3) is 9.60. The van der Waals surface area contributed by atoms with Crippen molar-refractivity contribution in [1.82, 2.24) is 19.5 Å². The van der Waals surface area contributed by atoms with Crippen LogP contribution in [0.2, 0.25) is 0 Å². The second-order valence-electron chi connectivity index (χ2n) is 19.7. The molecule has 11 aromatic carbocycles. The molecule has 0 spiro atoms. The van der Waals surface area contributed by atoms with Crippen LogP contribution in [0.15, 0.2) is 304 Å². The number of para-hydroxylation sites is 1. The van der Waals surface area contributed by atoms with E-state index >= 15 is 0 Å². The van der Waals surface area contributed by atoms with Crippen LogP contribution in [-0.2, 0) is 0 Å². The van der Waals surface area contributed by atoms with Gasteiger partial charge in [0.2, 0.25) is 0 Å². The Morgan fingerprint density at radius 2 is 0.696 bits per heavy atom. The standard InChI is InChI=1S/C75H52N4/c1-3-4-22-51(2)62-45-63(55-29-16-8-17-30-55)47-64(46-62)74-76-73(60-31-18-9-19-32-60)77-75(78-74)65-49-67(58-39-35-56(36-40-58)52-23-10-5-11-24-52)72(68(50-65)59-41-37-57(38-42-59)53-25-12-6-13-26-53)79-70-34-21-20-33-66(70)69-48-61(43-44-71(69)79)54-27-14-7-15-28-54/h3-50H,1-2H2/b22-4-. The van der Waals surface area contributed by atoms with Crippen molar-refractivity contribution in [2.45, 2.75) is 0 Å². The molecule has 4 nitrogen and oxygen atoms in total. The molecule has 372 valence electrons. The zero-order valence-electron chi connectivity index (χ0n) is 43.4. The van der Waals surface area contributed by atoms with Crippen LogP contribution in [0.4, 0.5) is 0 Å². The Hall–Kier alpha value is -10.6. The Balaban J connectivity index is 1.11. The molecule has 0 unspecified atom stereocenters. The number of hydrogen-bond donors (Lipinski definition) is 0. The van der Waals surface area contributed by atoms with Gasteiger partial charge in [-0.1, -0.05) is 256 Å². The van der Waals surface area contributed by atoms with Crippen LogP contribution in [-0.4, -0.2) is 19.5 Å². The zero-order valence-corrected chi connectivity index (χ0v) is 43.4. The van der Waals surface area contributed by atoms with Crippen LogP contribution in [0.1, 0.15) is 5.56 Å². The number of nitrogens with zero attached hydrogens (tertiary/aromatic N) is 4. The summed E-state index contributed by atoms with van der Waals surface area (Å²) >= 11 is 0. The molecule has 0 aliphatic rings. The highest BCUT2D eigenvalue weighted by atomic mass is 15.0. The largest absolute Gasteiger partial charge is 0.308 e. The molecule has 0 atom stereocenters. The van der Waals surface area contributed by atoms with Crippen LogP contribution in [0.25, 0.3) is 134 Å². The molecule has 0 bridgehead atoms. The van der Waals surface area contributed by atoms with Gasteiger partial charge in [-0.05, 0) is 115 Å². The maximum absolute atomic E-state index is 5.51. The van der Waals surface area contributed by atoms with Crippen LogP contribution < -0.4 is 0 Å². The lowest BCUT2D eigenvalue weighted by molar-refractivity contribution is 1.07. The summed E-state index contributed by atoms with van der Waals surface area (Å²) in [6, 6.07) is 97.1. The SMILES string of the molecule is C=C/C=C\C(=C)c1cc(-c2ccccc2)cc(-c2nc(-c3ccccc3)nc(-c3cc(-c4ccc(-c5ccccc5)cc4)c(-n4c5ccccc5c5cc(-c6ccccc6)ccc54)c(-c4ccc(-c5ccccc5)cc4)c3)n2)c1. The molecule has 13 rings (SSSR count). The van der Waals surface area contributed by atoms with Crippen LogP contribution in [0, 0.1) is 0 Å². The van der Waals surface area contributed by atoms with Crippen molar-refractivity contribution in [3.63, 3.8) is 0 Å². The van der Waals surface area contributed by atoms with Gasteiger partial charge in [-0.2, -0.15) is 0 Å². The van der Waals surface area contributed by atoms with Gasteiger partial charge in [-0.25, -0.2) is 15.0 Å². The molecule has 0 amide bonds. The summed E-state index contributed by atoms with van der Waals surface area (Å²) in [6.45, 7) is 8.40. The molecule has 2 aromatic heterocycles. The molecule has 0 fully saturated rings. The van der Waals surface area contributed by atoms with Crippen molar-refractivity contribution in [1.29, 1.82) is 0 Å². The van der Waals surface area contributed by atoms with Crippen molar-refractivity contribution in [3.8, 4) is 107 Å². The van der Waals surface area contributed by atoms with E-state index in [1.54, 1.807) is 6.08 Å². The van der Waals surface area contributed by atoms with E-state index < -0.39 is 0 Å². The number of aromatic nitrogens is 4. The van der Waals surface area contributed by atoms with Gasteiger partial charge in [0.1, 0.15) is 0 Å².